The number of hydrogen-bond donors (Lipinski definition) is 0. The van der Waals surface area contributed by atoms with Crippen LogP contribution in [-0.2, 0) is 4.79 Å². The highest BCUT2D eigenvalue weighted by atomic mass is 16.2. The Balaban J connectivity index is 1.60. The summed E-state index contributed by atoms with van der Waals surface area (Å²) in [7, 11) is 0. The Hall–Kier alpha value is -2.49. The predicted octanol–water partition coefficient (Wildman–Crippen LogP) is 3.79. The van der Waals surface area contributed by atoms with Gasteiger partial charge in [-0.05, 0) is 62.6 Å². The van der Waals surface area contributed by atoms with Gasteiger partial charge in [0, 0.05) is 44.1 Å². The van der Waals surface area contributed by atoms with Gasteiger partial charge in [-0.2, -0.15) is 0 Å². The van der Waals surface area contributed by atoms with Crippen molar-refractivity contribution in [1.29, 1.82) is 0 Å². The first-order valence-corrected chi connectivity index (χ1v) is 9.90. The van der Waals surface area contributed by atoms with E-state index in [-0.39, 0.29) is 5.91 Å². The van der Waals surface area contributed by atoms with Gasteiger partial charge in [-0.1, -0.05) is 24.3 Å². The molecule has 2 aromatic carbocycles. The molecule has 3 rings (SSSR count). The van der Waals surface area contributed by atoms with Crippen molar-refractivity contribution in [3.63, 3.8) is 0 Å². The number of benzene rings is 2. The summed E-state index contributed by atoms with van der Waals surface area (Å²) in [6, 6.07) is 14.8. The molecule has 0 radical (unpaired) electrons. The van der Waals surface area contributed by atoms with Crippen molar-refractivity contribution in [2.24, 2.45) is 0 Å². The zero-order chi connectivity index (χ0) is 19.4. The number of hydrogen-bond acceptors (Lipinski definition) is 3. The predicted molar refractivity (Wildman–Crippen MR) is 114 cm³/mol. The van der Waals surface area contributed by atoms with Crippen LogP contribution in [0, 0.1) is 20.8 Å². The number of aryl methyl sites for hydroxylation is 2. The van der Waals surface area contributed by atoms with E-state index in [2.05, 4.69) is 80.0 Å². The van der Waals surface area contributed by atoms with E-state index in [1.807, 2.05) is 4.90 Å². The summed E-state index contributed by atoms with van der Waals surface area (Å²) >= 11 is 0. The lowest BCUT2D eigenvalue weighted by Gasteiger charge is -2.38. The Morgan fingerprint density at radius 3 is 2.37 bits per heavy atom. The minimum atomic E-state index is 0.221. The van der Waals surface area contributed by atoms with E-state index in [4.69, 9.17) is 0 Å². The van der Waals surface area contributed by atoms with Crippen molar-refractivity contribution in [3.8, 4) is 0 Å². The number of amides is 1. The van der Waals surface area contributed by atoms with Gasteiger partial charge in [-0.3, -0.25) is 4.79 Å². The maximum Gasteiger partial charge on any atom is 0.242 e. The van der Waals surface area contributed by atoms with E-state index in [1.165, 1.54) is 22.4 Å². The highest BCUT2D eigenvalue weighted by Crippen LogP contribution is 2.24. The Kier molecular flexibility index (Phi) is 6.04. The topological polar surface area (TPSA) is 26.8 Å². The fourth-order valence-electron chi connectivity index (χ4n) is 3.75. The van der Waals surface area contributed by atoms with Crippen LogP contribution in [0.15, 0.2) is 42.5 Å². The molecule has 0 aromatic heterocycles. The summed E-state index contributed by atoms with van der Waals surface area (Å²) in [6.07, 6.45) is 0. The lowest BCUT2D eigenvalue weighted by atomic mass is 10.1. The van der Waals surface area contributed by atoms with Crippen molar-refractivity contribution < 1.29 is 4.79 Å². The number of rotatable bonds is 5. The molecule has 1 saturated heterocycles. The fraction of sp³-hybridized carbons (Fsp3) is 0.435. The zero-order valence-electron chi connectivity index (χ0n) is 17.0. The maximum atomic E-state index is 12.9. The van der Waals surface area contributed by atoms with Crippen LogP contribution >= 0.6 is 0 Å². The van der Waals surface area contributed by atoms with Crippen LogP contribution in [0.4, 0.5) is 11.4 Å². The normalized spacial score (nSPS) is 14.4. The Labute approximate surface area is 163 Å². The van der Waals surface area contributed by atoms with Crippen LogP contribution < -0.4 is 9.80 Å². The van der Waals surface area contributed by atoms with Crippen LogP contribution in [0.25, 0.3) is 0 Å². The first-order chi connectivity index (χ1) is 13.0. The van der Waals surface area contributed by atoms with Gasteiger partial charge in [0.05, 0.1) is 6.54 Å². The molecule has 1 aliphatic rings. The van der Waals surface area contributed by atoms with E-state index in [0.29, 0.717) is 6.54 Å². The van der Waals surface area contributed by atoms with Gasteiger partial charge in [0.25, 0.3) is 0 Å². The highest BCUT2D eigenvalue weighted by Gasteiger charge is 2.23. The molecular formula is C23H31N3O. The summed E-state index contributed by atoms with van der Waals surface area (Å²) in [6.45, 7) is 13.2. The van der Waals surface area contributed by atoms with Gasteiger partial charge in [-0.25, -0.2) is 0 Å². The molecule has 2 aromatic rings. The van der Waals surface area contributed by atoms with E-state index < -0.39 is 0 Å². The Morgan fingerprint density at radius 2 is 1.70 bits per heavy atom. The summed E-state index contributed by atoms with van der Waals surface area (Å²) in [5, 5.41) is 0. The Bertz CT molecular complexity index is 794. The number of piperazine rings is 1. The van der Waals surface area contributed by atoms with Crippen LogP contribution in [0.5, 0.6) is 0 Å². The monoisotopic (exact) mass is 365 g/mol. The van der Waals surface area contributed by atoms with E-state index >= 15 is 0 Å². The van der Waals surface area contributed by atoms with Crippen LogP contribution in [0.1, 0.15) is 23.6 Å². The van der Waals surface area contributed by atoms with Crippen LogP contribution in [0.3, 0.4) is 0 Å². The molecule has 0 unspecified atom stereocenters. The van der Waals surface area contributed by atoms with Crippen molar-refractivity contribution in [2.75, 3.05) is 49.1 Å². The molecule has 0 N–H and O–H groups in total. The molecule has 4 nitrogen and oxygen atoms in total. The van der Waals surface area contributed by atoms with Gasteiger partial charge in [-0.15, -0.1) is 0 Å². The number of carbonyl (C=O) groups excluding carboxylic acids is 1. The minimum Gasteiger partial charge on any atom is -0.368 e. The van der Waals surface area contributed by atoms with E-state index in [9.17, 15) is 4.79 Å². The quantitative estimate of drug-likeness (QED) is 0.807. The fourth-order valence-corrected chi connectivity index (χ4v) is 3.75. The van der Waals surface area contributed by atoms with Gasteiger partial charge in [0.15, 0.2) is 0 Å². The average molecular weight is 366 g/mol. The molecule has 1 heterocycles. The first kappa shape index (κ1) is 19.3. The van der Waals surface area contributed by atoms with Crippen LogP contribution in [0.2, 0.25) is 0 Å². The summed E-state index contributed by atoms with van der Waals surface area (Å²) in [4.78, 5) is 19.4. The van der Waals surface area contributed by atoms with E-state index in [1.54, 1.807) is 0 Å². The number of carbonyl (C=O) groups is 1. The SMILES string of the molecule is CCN(CC(=O)N1CCN(c2cccc(C)c2C)CC1)c1cccc(C)c1. The molecule has 0 aliphatic carbocycles. The summed E-state index contributed by atoms with van der Waals surface area (Å²) in [5.74, 6) is 0.221. The lowest BCUT2D eigenvalue weighted by molar-refractivity contribution is -0.130. The molecule has 1 amide bonds. The lowest BCUT2D eigenvalue weighted by Crippen LogP contribution is -2.51. The van der Waals surface area contributed by atoms with Crippen LogP contribution in [-0.4, -0.2) is 50.1 Å². The Morgan fingerprint density at radius 1 is 1.00 bits per heavy atom. The second-order valence-electron chi connectivity index (χ2n) is 7.44. The third-order valence-electron chi connectivity index (χ3n) is 5.62. The molecular weight excluding hydrogens is 334 g/mol. The average Bonchev–Trinajstić information content (AvgIpc) is 2.68. The second kappa shape index (κ2) is 8.47. The summed E-state index contributed by atoms with van der Waals surface area (Å²) < 4.78 is 0. The molecule has 0 atom stereocenters. The minimum absolute atomic E-state index is 0.221. The van der Waals surface area contributed by atoms with E-state index in [0.717, 1.165) is 38.4 Å². The van der Waals surface area contributed by atoms with Crippen molar-refractivity contribution in [1.82, 2.24) is 4.90 Å². The van der Waals surface area contributed by atoms with Crippen molar-refractivity contribution in [2.45, 2.75) is 27.7 Å². The van der Waals surface area contributed by atoms with Gasteiger partial charge < -0.3 is 14.7 Å². The molecule has 0 saturated carbocycles. The first-order valence-electron chi connectivity index (χ1n) is 9.90. The van der Waals surface area contributed by atoms with Gasteiger partial charge in [0.1, 0.15) is 0 Å². The third kappa shape index (κ3) is 4.44. The highest BCUT2D eigenvalue weighted by molar-refractivity contribution is 5.82. The van der Waals surface area contributed by atoms with Crippen molar-refractivity contribution in [3.05, 3.63) is 59.2 Å². The molecule has 0 bridgehead atoms. The maximum absolute atomic E-state index is 12.9. The molecule has 4 heteroatoms. The number of anilines is 2. The smallest absolute Gasteiger partial charge is 0.242 e. The molecule has 1 aliphatic heterocycles. The molecule has 1 fully saturated rings. The van der Waals surface area contributed by atoms with Gasteiger partial charge in [0.2, 0.25) is 5.91 Å². The molecule has 0 spiro atoms. The molecule has 27 heavy (non-hydrogen) atoms. The summed E-state index contributed by atoms with van der Waals surface area (Å²) in [5.41, 5.74) is 6.31. The molecule has 144 valence electrons. The standard InChI is InChI=1S/C23H31N3O/c1-5-24(21-10-6-8-18(2)16-21)17-23(27)26-14-12-25(13-15-26)22-11-7-9-19(3)20(22)4/h6-11,16H,5,12-15,17H2,1-4H3. The van der Waals surface area contributed by atoms with Crippen molar-refractivity contribution >= 4 is 17.3 Å². The third-order valence-corrected chi connectivity index (χ3v) is 5.62. The second-order valence-corrected chi connectivity index (χ2v) is 7.44. The zero-order valence-corrected chi connectivity index (χ0v) is 17.0. The largest absolute Gasteiger partial charge is 0.368 e. The number of nitrogens with zero attached hydrogens (tertiary/aromatic N) is 3. The number of likely N-dealkylation sites (N-methyl/N-ethyl adjacent to an activating group) is 1. The van der Waals surface area contributed by atoms with Gasteiger partial charge >= 0.3 is 0 Å².